The van der Waals surface area contributed by atoms with Gasteiger partial charge in [0, 0.05) is 11.4 Å². The van der Waals surface area contributed by atoms with Crippen LogP contribution in [-0.4, -0.2) is 31.5 Å². The van der Waals surface area contributed by atoms with Crippen LogP contribution < -0.4 is 10.1 Å². The molecule has 0 bridgehead atoms. The second-order valence-electron chi connectivity index (χ2n) is 5.33. The lowest BCUT2D eigenvalue weighted by Gasteiger charge is -2.18. The maximum absolute atomic E-state index is 12.1. The summed E-state index contributed by atoms with van der Waals surface area (Å²) < 4.78 is 5.21. The van der Waals surface area contributed by atoms with Gasteiger partial charge in [0.05, 0.1) is 19.7 Å². The molecule has 5 heteroatoms. The first-order valence-corrected chi connectivity index (χ1v) is 8.10. The molecule has 0 saturated heterocycles. The van der Waals surface area contributed by atoms with Gasteiger partial charge in [0.25, 0.3) is 0 Å². The summed E-state index contributed by atoms with van der Waals surface area (Å²) in [5.74, 6) is 0.868. The minimum absolute atomic E-state index is 0.0336. The lowest BCUT2D eigenvalue weighted by Crippen LogP contribution is -2.36. The number of nitrogens with one attached hydrogen (secondary N) is 1. The van der Waals surface area contributed by atoms with Crippen molar-refractivity contribution < 1.29 is 9.53 Å². The molecule has 0 spiro atoms. The Kier molecular flexibility index (Phi) is 5.98. The zero-order valence-corrected chi connectivity index (χ0v) is 14.0. The Morgan fingerprint density at radius 1 is 1.36 bits per heavy atom. The molecule has 1 aromatic heterocycles. The third-order valence-corrected chi connectivity index (χ3v) is 4.40. The summed E-state index contributed by atoms with van der Waals surface area (Å²) >= 11 is 1.66. The van der Waals surface area contributed by atoms with Gasteiger partial charge in [-0.15, -0.1) is 11.3 Å². The summed E-state index contributed by atoms with van der Waals surface area (Å²) in [5.41, 5.74) is 1.13. The smallest absolute Gasteiger partial charge is 0.234 e. The first kappa shape index (κ1) is 16.5. The number of amides is 1. The maximum Gasteiger partial charge on any atom is 0.234 e. The highest BCUT2D eigenvalue weighted by Gasteiger charge is 2.12. The number of thiophene rings is 1. The summed E-state index contributed by atoms with van der Waals surface area (Å²) in [5, 5.41) is 5.05. The van der Waals surface area contributed by atoms with E-state index in [9.17, 15) is 4.79 Å². The van der Waals surface area contributed by atoms with Gasteiger partial charge >= 0.3 is 0 Å². The van der Waals surface area contributed by atoms with Crippen LogP contribution in [0, 0.1) is 0 Å². The fourth-order valence-electron chi connectivity index (χ4n) is 2.28. The first-order valence-electron chi connectivity index (χ1n) is 7.22. The molecule has 2 aromatic rings. The van der Waals surface area contributed by atoms with Gasteiger partial charge in [-0.1, -0.05) is 18.2 Å². The predicted octanol–water partition coefficient (Wildman–Crippen LogP) is 3.07. The summed E-state index contributed by atoms with van der Waals surface area (Å²) in [6.45, 7) is 3.08. The van der Waals surface area contributed by atoms with Crippen molar-refractivity contribution in [1.82, 2.24) is 10.2 Å². The molecule has 0 aliphatic carbocycles. The monoisotopic (exact) mass is 318 g/mol. The molecule has 0 saturated carbocycles. The third kappa shape index (κ3) is 4.86. The van der Waals surface area contributed by atoms with Gasteiger partial charge in [0.1, 0.15) is 5.75 Å². The number of ether oxygens (including phenoxy) is 1. The number of rotatable bonds is 7. The van der Waals surface area contributed by atoms with E-state index >= 15 is 0 Å². The molecule has 0 aliphatic heterocycles. The van der Waals surface area contributed by atoms with Crippen molar-refractivity contribution in [1.29, 1.82) is 0 Å². The number of nitrogens with zero attached hydrogens (tertiary/aromatic N) is 1. The number of hydrogen-bond donors (Lipinski definition) is 1. The molecule has 0 radical (unpaired) electrons. The van der Waals surface area contributed by atoms with Crippen LogP contribution in [0.1, 0.15) is 23.4 Å². The van der Waals surface area contributed by atoms with E-state index in [1.54, 1.807) is 18.4 Å². The number of methoxy groups -OCH3 is 1. The van der Waals surface area contributed by atoms with Gasteiger partial charge in [0.15, 0.2) is 0 Å². The minimum Gasteiger partial charge on any atom is -0.497 e. The molecule has 0 aliphatic rings. The molecule has 1 aromatic carbocycles. The van der Waals surface area contributed by atoms with E-state index in [-0.39, 0.29) is 11.9 Å². The Bertz CT molecular complexity index is 598. The van der Waals surface area contributed by atoms with Crippen molar-refractivity contribution in [3.63, 3.8) is 0 Å². The topological polar surface area (TPSA) is 41.6 Å². The Hall–Kier alpha value is -1.85. The summed E-state index contributed by atoms with van der Waals surface area (Å²) in [4.78, 5) is 15.3. The molecule has 1 N–H and O–H groups in total. The Morgan fingerprint density at radius 2 is 2.18 bits per heavy atom. The molecule has 2 rings (SSSR count). The van der Waals surface area contributed by atoms with Crippen LogP contribution in [0.15, 0.2) is 41.8 Å². The number of hydrogen-bond acceptors (Lipinski definition) is 4. The molecule has 1 heterocycles. The highest BCUT2D eigenvalue weighted by atomic mass is 32.1. The highest BCUT2D eigenvalue weighted by molar-refractivity contribution is 7.10. The van der Waals surface area contributed by atoms with Gasteiger partial charge in [0.2, 0.25) is 5.91 Å². The van der Waals surface area contributed by atoms with Gasteiger partial charge in [-0.05, 0) is 43.1 Å². The van der Waals surface area contributed by atoms with Gasteiger partial charge in [-0.25, -0.2) is 0 Å². The van der Waals surface area contributed by atoms with Crippen molar-refractivity contribution in [2.45, 2.75) is 19.5 Å². The number of carbonyl (C=O) groups is 1. The van der Waals surface area contributed by atoms with E-state index in [0.29, 0.717) is 13.1 Å². The fraction of sp³-hybridized carbons (Fsp3) is 0.353. The quantitative estimate of drug-likeness (QED) is 0.853. The predicted molar refractivity (Wildman–Crippen MR) is 90.2 cm³/mol. The molecule has 0 fully saturated rings. The van der Waals surface area contributed by atoms with Crippen LogP contribution >= 0.6 is 11.3 Å². The average molecular weight is 318 g/mol. The Balaban J connectivity index is 1.83. The van der Waals surface area contributed by atoms with Gasteiger partial charge < -0.3 is 10.1 Å². The summed E-state index contributed by atoms with van der Waals surface area (Å²) in [7, 11) is 3.59. The number of carbonyl (C=O) groups excluding carboxylic acids is 1. The lowest BCUT2D eigenvalue weighted by molar-refractivity contribution is -0.122. The molecule has 118 valence electrons. The zero-order valence-electron chi connectivity index (χ0n) is 13.2. The van der Waals surface area contributed by atoms with Gasteiger partial charge in [-0.2, -0.15) is 0 Å². The van der Waals surface area contributed by atoms with E-state index in [2.05, 4.69) is 5.32 Å². The maximum atomic E-state index is 12.1. The van der Waals surface area contributed by atoms with Crippen LogP contribution in [0.2, 0.25) is 0 Å². The normalized spacial score (nSPS) is 12.2. The van der Waals surface area contributed by atoms with Crippen molar-refractivity contribution in [3.8, 4) is 5.75 Å². The summed E-state index contributed by atoms with van der Waals surface area (Å²) in [6.07, 6.45) is 0. The molecule has 0 unspecified atom stereocenters. The number of likely N-dealkylation sites (N-methyl/N-ethyl adjacent to an activating group) is 1. The minimum atomic E-state index is 0.0336. The van der Waals surface area contributed by atoms with Crippen LogP contribution in [0.3, 0.4) is 0 Å². The standard InChI is InChI=1S/C17H22N2O2S/c1-13(16-8-5-9-22-16)18-17(20)12-19(2)11-14-6-4-7-15(10-14)21-3/h4-10,13H,11-12H2,1-3H3,(H,18,20)/t13-/m1/s1. The second kappa shape index (κ2) is 7.96. The van der Waals surface area contributed by atoms with E-state index in [0.717, 1.165) is 11.3 Å². The Labute approximate surface area is 135 Å². The van der Waals surface area contributed by atoms with Gasteiger partial charge in [-0.3, -0.25) is 9.69 Å². The average Bonchev–Trinajstić information content (AvgIpc) is 3.01. The van der Waals surface area contributed by atoms with Crippen molar-refractivity contribution in [3.05, 3.63) is 52.2 Å². The highest BCUT2D eigenvalue weighted by Crippen LogP contribution is 2.18. The molecule has 1 atom stereocenters. The van der Waals surface area contributed by atoms with E-state index < -0.39 is 0 Å². The third-order valence-electron chi connectivity index (χ3n) is 3.35. The van der Waals surface area contributed by atoms with Crippen LogP contribution in [0.4, 0.5) is 0 Å². The number of benzene rings is 1. The van der Waals surface area contributed by atoms with Crippen molar-refractivity contribution in [2.75, 3.05) is 20.7 Å². The van der Waals surface area contributed by atoms with Crippen molar-refractivity contribution in [2.24, 2.45) is 0 Å². The lowest BCUT2D eigenvalue weighted by atomic mass is 10.2. The Morgan fingerprint density at radius 3 is 2.86 bits per heavy atom. The van der Waals surface area contributed by atoms with E-state index in [1.165, 1.54) is 4.88 Å². The molecule has 4 nitrogen and oxygen atoms in total. The van der Waals surface area contributed by atoms with Crippen LogP contribution in [-0.2, 0) is 11.3 Å². The van der Waals surface area contributed by atoms with Crippen LogP contribution in [0.25, 0.3) is 0 Å². The van der Waals surface area contributed by atoms with Crippen molar-refractivity contribution >= 4 is 17.2 Å². The molecule has 22 heavy (non-hydrogen) atoms. The largest absolute Gasteiger partial charge is 0.497 e. The molecular formula is C17H22N2O2S. The van der Waals surface area contributed by atoms with Crippen LogP contribution in [0.5, 0.6) is 5.75 Å². The summed E-state index contributed by atoms with van der Waals surface area (Å²) in [6, 6.07) is 12.0. The second-order valence-corrected chi connectivity index (χ2v) is 6.31. The van der Waals surface area contributed by atoms with E-state index in [1.807, 2.05) is 60.6 Å². The SMILES string of the molecule is COc1cccc(CN(C)CC(=O)N[C@H](C)c2cccs2)c1. The molecule has 1 amide bonds. The zero-order chi connectivity index (χ0) is 15.9. The fourth-order valence-corrected chi connectivity index (χ4v) is 3.01. The van der Waals surface area contributed by atoms with E-state index in [4.69, 9.17) is 4.74 Å². The molecular weight excluding hydrogens is 296 g/mol. The first-order chi connectivity index (χ1) is 10.6.